The van der Waals surface area contributed by atoms with Crippen LogP contribution in [0.2, 0.25) is 0 Å². The first-order valence-electron chi connectivity index (χ1n) is 5.58. The largest absolute Gasteiger partial charge is 0.488 e. The number of nitrogens with two attached hydrogens (primary N) is 1. The Morgan fingerprint density at radius 3 is 2.80 bits per heavy atom. The number of nitro benzene ring substituents is 1. The maximum Gasteiger partial charge on any atom is 0.292 e. The minimum atomic E-state index is -0.559. The molecule has 104 valence electrons. The highest BCUT2D eigenvalue weighted by molar-refractivity contribution is 9.10. The van der Waals surface area contributed by atoms with E-state index in [2.05, 4.69) is 15.9 Å². The van der Waals surface area contributed by atoms with Crippen molar-refractivity contribution in [3.8, 4) is 5.75 Å². The quantitative estimate of drug-likeness (QED) is 0.523. The van der Waals surface area contributed by atoms with Gasteiger partial charge in [0.2, 0.25) is 0 Å². The summed E-state index contributed by atoms with van der Waals surface area (Å²) in [4.78, 5) is 10.2. The van der Waals surface area contributed by atoms with Gasteiger partial charge in [-0.05, 0) is 28.1 Å². The fourth-order valence-corrected chi connectivity index (χ4v) is 1.99. The topological polar surface area (TPSA) is 78.4 Å². The van der Waals surface area contributed by atoms with Gasteiger partial charge in [-0.25, -0.2) is 4.39 Å². The minimum Gasteiger partial charge on any atom is -0.488 e. The molecule has 0 atom stereocenters. The lowest BCUT2D eigenvalue weighted by Gasteiger charge is -2.10. The number of anilines is 1. The van der Waals surface area contributed by atoms with Gasteiger partial charge in [0, 0.05) is 17.7 Å². The van der Waals surface area contributed by atoms with Crippen molar-refractivity contribution in [3.05, 3.63) is 62.4 Å². The van der Waals surface area contributed by atoms with E-state index in [0.29, 0.717) is 15.8 Å². The van der Waals surface area contributed by atoms with Crippen molar-refractivity contribution in [2.24, 2.45) is 0 Å². The van der Waals surface area contributed by atoms with Crippen LogP contribution >= 0.6 is 15.9 Å². The molecular formula is C13H10BrFN2O3. The molecule has 5 nitrogen and oxygen atoms in total. The molecule has 0 bridgehead atoms. The second-order valence-electron chi connectivity index (χ2n) is 3.97. The highest BCUT2D eigenvalue weighted by atomic mass is 79.9. The van der Waals surface area contributed by atoms with E-state index >= 15 is 0 Å². The Labute approximate surface area is 122 Å². The summed E-state index contributed by atoms with van der Waals surface area (Å²) in [6.45, 7) is 0.00949. The minimum absolute atomic E-state index is 0.00949. The van der Waals surface area contributed by atoms with Crippen LogP contribution in [0.15, 0.2) is 40.9 Å². The first kappa shape index (κ1) is 14.3. The van der Waals surface area contributed by atoms with Gasteiger partial charge in [-0.15, -0.1) is 0 Å². The van der Waals surface area contributed by atoms with Crippen LogP contribution in [-0.2, 0) is 6.61 Å². The van der Waals surface area contributed by atoms with Crippen LogP contribution in [0.5, 0.6) is 5.75 Å². The number of para-hydroxylation sites is 1. The third-order valence-electron chi connectivity index (χ3n) is 2.65. The zero-order valence-corrected chi connectivity index (χ0v) is 11.8. The average molecular weight is 341 g/mol. The van der Waals surface area contributed by atoms with Gasteiger partial charge in [0.15, 0.2) is 0 Å². The Kier molecular flexibility index (Phi) is 4.19. The van der Waals surface area contributed by atoms with E-state index in [1.165, 1.54) is 30.3 Å². The molecule has 0 aromatic heterocycles. The smallest absolute Gasteiger partial charge is 0.292 e. The Morgan fingerprint density at radius 1 is 1.35 bits per heavy atom. The van der Waals surface area contributed by atoms with Gasteiger partial charge in [-0.3, -0.25) is 10.1 Å². The number of halogens is 2. The number of hydrogen-bond acceptors (Lipinski definition) is 4. The number of rotatable bonds is 4. The van der Waals surface area contributed by atoms with Crippen LogP contribution in [-0.4, -0.2) is 4.92 Å². The van der Waals surface area contributed by atoms with Crippen molar-refractivity contribution in [2.75, 3.05) is 5.73 Å². The second-order valence-corrected chi connectivity index (χ2v) is 4.82. The Bertz CT molecular complexity index is 664. The number of hydrogen-bond donors (Lipinski definition) is 1. The molecule has 2 rings (SSSR count). The fraction of sp³-hybridized carbons (Fsp3) is 0.0769. The summed E-state index contributed by atoms with van der Waals surface area (Å²) in [5.41, 5.74) is 6.05. The fourth-order valence-electron chi connectivity index (χ4n) is 1.63. The van der Waals surface area contributed by atoms with E-state index in [9.17, 15) is 14.5 Å². The van der Waals surface area contributed by atoms with Crippen molar-refractivity contribution >= 4 is 27.3 Å². The van der Waals surface area contributed by atoms with Crippen molar-refractivity contribution < 1.29 is 14.1 Å². The molecule has 2 aromatic rings. The zero-order valence-electron chi connectivity index (χ0n) is 10.2. The summed E-state index contributed by atoms with van der Waals surface area (Å²) in [5, 5.41) is 10.8. The summed E-state index contributed by atoms with van der Waals surface area (Å²) in [6.07, 6.45) is 0. The van der Waals surface area contributed by atoms with E-state index in [-0.39, 0.29) is 18.0 Å². The van der Waals surface area contributed by atoms with Gasteiger partial charge in [-0.2, -0.15) is 0 Å². The maximum atomic E-state index is 13.1. The van der Waals surface area contributed by atoms with Crippen molar-refractivity contribution in [1.29, 1.82) is 0 Å². The first-order chi connectivity index (χ1) is 9.49. The van der Waals surface area contributed by atoms with E-state index in [1.807, 2.05) is 0 Å². The van der Waals surface area contributed by atoms with Gasteiger partial charge in [0.25, 0.3) is 5.69 Å². The molecule has 0 fully saturated rings. The Balaban J connectivity index is 2.21. The highest BCUT2D eigenvalue weighted by Crippen LogP contribution is 2.29. The molecule has 7 heteroatoms. The molecule has 0 amide bonds. The molecular weight excluding hydrogens is 331 g/mol. The summed E-state index contributed by atoms with van der Waals surface area (Å²) >= 11 is 3.23. The molecule has 0 saturated heterocycles. The van der Waals surface area contributed by atoms with E-state index in [4.69, 9.17) is 10.5 Å². The third-order valence-corrected chi connectivity index (χ3v) is 3.30. The molecule has 0 aliphatic heterocycles. The van der Waals surface area contributed by atoms with Gasteiger partial charge >= 0.3 is 0 Å². The lowest BCUT2D eigenvalue weighted by atomic mass is 10.1. The molecule has 0 aliphatic carbocycles. The number of benzene rings is 2. The standard InChI is InChI=1S/C13H10BrFN2O3/c14-10-5-4-9(15)6-12(10)20-7-8-2-1-3-11(13(8)16)17(18)19/h1-6H,7,16H2. The van der Waals surface area contributed by atoms with Gasteiger partial charge in [0.05, 0.1) is 9.40 Å². The lowest BCUT2D eigenvalue weighted by molar-refractivity contribution is -0.384. The molecule has 0 aliphatic rings. The van der Waals surface area contributed by atoms with Crippen molar-refractivity contribution in [2.45, 2.75) is 6.61 Å². The van der Waals surface area contributed by atoms with Crippen molar-refractivity contribution in [1.82, 2.24) is 0 Å². The Morgan fingerprint density at radius 2 is 2.10 bits per heavy atom. The van der Waals surface area contributed by atoms with Crippen LogP contribution in [0.25, 0.3) is 0 Å². The molecule has 0 saturated carbocycles. The number of nitro groups is 1. The lowest BCUT2D eigenvalue weighted by Crippen LogP contribution is -2.03. The van der Waals surface area contributed by atoms with Crippen LogP contribution in [0.4, 0.5) is 15.8 Å². The molecule has 0 radical (unpaired) electrons. The molecule has 0 unspecified atom stereocenters. The highest BCUT2D eigenvalue weighted by Gasteiger charge is 2.14. The van der Waals surface area contributed by atoms with Gasteiger partial charge in [0.1, 0.15) is 23.9 Å². The van der Waals surface area contributed by atoms with Crippen LogP contribution in [0.1, 0.15) is 5.56 Å². The first-order valence-corrected chi connectivity index (χ1v) is 6.38. The summed E-state index contributed by atoms with van der Waals surface area (Å²) in [6, 6.07) is 8.48. The number of ether oxygens (including phenoxy) is 1. The molecule has 0 heterocycles. The average Bonchev–Trinajstić information content (AvgIpc) is 2.41. The molecule has 0 spiro atoms. The third kappa shape index (κ3) is 3.05. The van der Waals surface area contributed by atoms with E-state index in [1.54, 1.807) is 6.07 Å². The van der Waals surface area contributed by atoms with Crippen LogP contribution in [0.3, 0.4) is 0 Å². The number of nitrogen functional groups attached to an aromatic ring is 1. The van der Waals surface area contributed by atoms with E-state index in [0.717, 1.165) is 0 Å². The van der Waals surface area contributed by atoms with Gasteiger partial charge in [-0.1, -0.05) is 12.1 Å². The second kappa shape index (κ2) is 5.87. The maximum absolute atomic E-state index is 13.1. The normalized spacial score (nSPS) is 10.3. The predicted molar refractivity (Wildman–Crippen MR) is 75.9 cm³/mol. The zero-order chi connectivity index (χ0) is 14.7. The summed E-state index contributed by atoms with van der Waals surface area (Å²) in [7, 11) is 0. The molecule has 20 heavy (non-hydrogen) atoms. The molecule has 2 aromatic carbocycles. The summed E-state index contributed by atoms with van der Waals surface area (Å²) < 4.78 is 19.1. The monoisotopic (exact) mass is 340 g/mol. The van der Waals surface area contributed by atoms with Crippen LogP contribution in [0, 0.1) is 15.9 Å². The van der Waals surface area contributed by atoms with Gasteiger partial charge < -0.3 is 10.5 Å². The predicted octanol–water partition coefficient (Wildman–Crippen LogP) is 3.66. The van der Waals surface area contributed by atoms with E-state index < -0.39 is 10.7 Å². The van der Waals surface area contributed by atoms with Crippen LogP contribution < -0.4 is 10.5 Å². The Hall–Kier alpha value is -2.15. The SMILES string of the molecule is Nc1c(COc2cc(F)ccc2Br)cccc1[N+](=O)[O-]. The summed E-state index contributed by atoms with van der Waals surface area (Å²) in [5.74, 6) is -0.133. The number of nitrogens with zero attached hydrogens (tertiary/aromatic N) is 1. The molecule has 2 N–H and O–H groups in total. The van der Waals surface area contributed by atoms with Crippen molar-refractivity contribution in [3.63, 3.8) is 0 Å².